The Hall–Kier alpha value is -0.220. The van der Waals surface area contributed by atoms with E-state index in [1.807, 2.05) is 25.6 Å². The maximum atomic E-state index is 12.1. The van der Waals surface area contributed by atoms with Crippen molar-refractivity contribution < 1.29 is 9.53 Å². The van der Waals surface area contributed by atoms with Crippen LogP contribution < -0.4 is 5.32 Å². The van der Waals surface area contributed by atoms with Crippen LogP contribution >= 0.6 is 11.8 Å². The highest BCUT2D eigenvalue weighted by atomic mass is 32.2. The van der Waals surface area contributed by atoms with Gasteiger partial charge in [0.05, 0.1) is 6.61 Å². The van der Waals surface area contributed by atoms with Gasteiger partial charge in [-0.3, -0.25) is 10.1 Å². The van der Waals surface area contributed by atoms with Crippen LogP contribution in [0.3, 0.4) is 0 Å². The van der Waals surface area contributed by atoms with Gasteiger partial charge in [0.1, 0.15) is 5.54 Å². The molecule has 0 aliphatic heterocycles. The van der Waals surface area contributed by atoms with E-state index in [2.05, 4.69) is 33.0 Å². The Bertz CT molecular complexity index is 269. The summed E-state index contributed by atoms with van der Waals surface area (Å²) < 4.78 is 5.21. The summed E-state index contributed by atoms with van der Waals surface area (Å²) in [7, 11) is 0. The van der Waals surface area contributed by atoms with Crippen molar-refractivity contribution in [3.05, 3.63) is 0 Å². The Labute approximate surface area is 129 Å². The van der Waals surface area contributed by atoms with Crippen molar-refractivity contribution in [1.82, 2.24) is 5.32 Å². The zero-order valence-electron chi connectivity index (χ0n) is 14.1. The molecule has 0 saturated heterocycles. The first-order valence-corrected chi connectivity index (χ1v) is 9.00. The monoisotopic (exact) mass is 303 g/mol. The average molecular weight is 304 g/mol. The molecule has 0 saturated carbocycles. The van der Waals surface area contributed by atoms with E-state index in [0.29, 0.717) is 6.61 Å². The minimum atomic E-state index is -0.553. The predicted octanol–water partition coefficient (Wildman–Crippen LogP) is 3.87. The molecule has 0 fully saturated rings. The predicted molar refractivity (Wildman–Crippen MR) is 89.3 cm³/mol. The van der Waals surface area contributed by atoms with Crippen molar-refractivity contribution in [3.8, 4) is 0 Å². The normalized spacial score (nSPS) is 14.6. The minimum absolute atomic E-state index is 0.124. The molecule has 0 radical (unpaired) electrons. The van der Waals surface area contributed by atoms with Crippen LogP contribution in [0, 0.1) is 5.92 Å². The number of rotatable bonds is 11. The van der Waals surface area contributed by atoms with Gasteiger partial charge in [-0.2, -0.15) is 11.8 Å². The first kappa shape index (κ1) is 19.8. The Kier molecular flexibility index (Phi) is 10.4. The summed E-state index contributed by atoms with van der Waals surface area (Å²) in [5.74, 6) is 2.98. The molecule has 4 heteroatoms. The maximum absolute atomic E-state index is 12.1. The molecule has 0 heterocycles. The molecule has 0 aliphatic carbocycles. The van der Waals surface area contributed by atoms with E-state index in [1.54, 1.807) is 0 Å². The molecule has 120 valence electrons. The van der Waals surface area contributed by atoms with Crippen LogP contribution in [0.2, 0.25) is 0 Å². The Morgan fingerprint density at radius 3 is 2.40 bits per heavy atom. The second-order valence-electron chi connectivity index (χ2n) is 6.25. The number of nitrogens with one attached hydrogen (secondary N) is 1. The third-order valence-corrected chi connectivity index (χ3v) is 4.24. The molecule has 1 atom stereocenters. The minimum Gasteiger partial charge on any atom is -0.465 e. The van der Waals surface area contributed by atoms with Gasteiger partial charge >= 0.3 is 5.97 Å². The lowest BCUT2D eigenvalue weighted by atomic mass is 9.95. The van der Waals surface area contributed by atoms with Crippen LogP contribution in [0.4, 0.5) is 0 Å². The molecule has 0 spiro atoms. The highest BCUT2D eigenvalue weighted by molar-refractivity contribution is 7.99. The summed E-state index contributed by atoms with van der Waals surface area (Å²) in [4.78, 5) is 12.1. The van der Waals surface area contributed by atoms with Crippen molar-refractivity contribution in [2.24, 2.45) is 5.92 Å². The smallest absolute Gasteiger partial charge is 0.326 e. The van der Waals surface area contributed by atoms with Gasteiger partial charge in [-0.05, 0) is 64.4 Å². The fourth-order valence-electron chi connectivity index (χ4n) is 2.11. The molecule has 20 heavy (non-hydrogen) atoms. The van der Waals surface area contributed by atoms with Crippen molar-refractivity contribution in [3.63, 3.8) is 0 Å². The van der Waals surface area contributed by atoms with Crippen LogP contribution in [-0.4, -0.2) is 35.7 Å². The van der Waals surface area contributed by atoms with E-state index in [1.165, 1.54) is 12.2 Å². The summed E-state index contributed by atoms with van der Waals surface area (Å²) in [6.07, 6.45) is 3.14. The quantitative estimate of drug-likeness (QED) is 0.464. The molecule has 0 aromatic carbocycles. The fraction of sp³-hybridized carbons (Fsp3) is 0.938. The van der Waals surface area contributed by atoms with Gasteiger partial charge in [0.25, 0.3) is 0 Å². The maximum Gasteiger partial charge on any atom is 0.326 e. The topological polar surface area (TPSA) is 38.3 Å². The van der Waals surface area contributed by atoms with Crippen molar-refractivity contribution in [2.45, 2.75) is 72.4 Å². The molecule has 1 unspecified atom stereocenters. The van der Waals surface area contributed by atoms with Crippen LogP contribution in [-0.2, 0) is 9.53 Å². The van der Waals surface area contributed by atoms with Crippen LogP contribution in [0.15, 0.2) is 0 Å². The number of esters is 1. The highest BCUT2D eigenvalue weighted by Crippen LogP contribution is 2.19. The molecule has 0 rings (SSSR count). The fourth-order valence-corrected chi connectivity index (χ4v) is 3.30. The van der Waals surface area contributed by atoms with E-state index in [-0.39, 0.29) is 12.0 Å². The van der Waals surface area contributed by atoms with Crippen molar-refractivity contribution >= 4 is 17.7 Å². The third-order valence-electron chi connectivity index (χ3n) is 3.14. The summed E-state index contributed by atoms with van der Waals surface area (Å²) in [5.41, 5.74) is -0.553. The Morgan fingerprint density at radius 1 is 1.25 bits per heavy atom. The van der Waals surface area contributed by atoms with E-state index in [9.17, 15) is 4.79 Å². The number of hydrogen-bond donors (Lipinski definition) is 1. The molecule has 0 aromatic rings. The molecule has 3 nitrogen and oxygen atoms in total. The lowest BCUT2D eigenvalue weighted by Crippen LogP contribution is -2.53. The first-order chi connectivity index (χ1) is 9.31. The molecule has 0 aromatic heterocycles. The zero-order chi connectivity index (χ0) is 15.6. The molecule has 0 bridgehead atoms. The van der Waals surface area contributed by atoms with E-state index in [0.717, 1.165) is 24.5 Å². The largest absolute Gasteiger partial charge is 0.465 e. The molecular formula is C16H33NO2S. The lowest BCUT2D eigenvalue weighted by molar-refractivity contribution is -0.151. The Morgan fingerprint density at radius 2 is 1.90 bits per heavy atom. The van der Waals surface area contributed by atoms with Gasteiger partial charge in [-0.1, -0.05) is 13.8 Å². The first-order valence-electron chi connectivity index (χ1n) is 7.84. The zero-order valence-corrected chi connectivity index (χ0v) is 14.9. The molecule has 0 amide bonds. The third kappa shape index (κ3) is 8.85. The molecular weight excluding hydrogens is 270 g/mol. The highest BCUT2D eigenvalue weighted by Gasteiger charge is 2.34. The molecule has 0 aliphatic rings. The SMILES string of the molecule is CCOC(=O)C(C)(CCCSCCC(C)C)NC(C)C. The number of carbonyl (C=O) groups is 1. The number of carbonyl (C=O) groups excluding carboxylic acids is 1. The van der Waals surface area contributed by atoms with Crippen LogP contribution in [0.1, 0.15) is 60.8 Å². The van der Waals surface area contributed by atoms with Crippen LogP contribution in [0.25, 0.3) is 0 Å². The van der Waals surface area contributed by atoms with Gasteiger partial charge in [0.15, 0.2) is 0 Å². The van der Waals surface area contributed by atoms with Gasteiger partial charge in [-0.15, -0.1) is 0 Å². The molecule has 1 N–H and O–H groups in total. The summed E-state index contributed by atoms with van der Waals surface area (Å²) in [6, 6.07) is 0.276. The van der Waals surface area contributed by atoms with Gasteiger partial charge in [-0.25, -0.2) is 0 Å². The number of hydrogen-bond acceptors (Lipinski definition) is 4. The van der Waals surface area contributed by atoms with Gasteiger partial charge in [0, 0.05) is 6.04 Å². The lowest BCUT2D eigenvalue weighted by Gasteiger charge is -2.30. The Balaban J connectivity index is 4.13. The second kappa shape index (κ2) is 10.5. The van der Waals surface area contributed by atoms with E-state index in [4.69, 9.17) is 4.74 Å². The van der Waals surface area contributed by atoms with Gasteiger partial charge < -0.3 is 4.74 Å². The van der Waals surface area contributed by atoms with Crippen molar-refractivity contribution in [1.29, 1.82) is 0 Å². The van der Waals surface area contributed by atoms with Crippen molar-refractivity contribution in [2.75, 3.05) is 18.1 Å². The van der Waals surface area contributed by atoms with E-state index < -0.39 is 5.54 Å². The van der Waals surface area contributed by atoms with E-state index >= 15 is 0 Å². The summed E-state index contributed by atoms with van der Waals surface area (Å²) in [6.45, 7) is 12.9. The van der Waals surface area contributed by atoms with Gasteiger partial charge in [0.2, 0.25) is 0 Å². The summed E-state index contributed by atoms with van der Waals surface area (Å²) >= 11 is 1.99. The number of thioether (sulfide) groups is 1. The summed E-state index contributed by atoms with van der Waals surface area (Å²) in [5, 5.41) is 3.37. The van der Waals surface area contributed by atoms with Crippen LogP contribution in [0.5, 0.6) is 0 Å². The standard InChI is InChI=1S/C16H33NO2S/c1-7-19-15(18)16(6,17-14(4)5)10-8-11-20-12-9-13(2)3/h13-14,17H,7-12H2,1-6H3. The number of ether oxygens (including phenoxy) is 1. The average Bonchev–Trinajstić information content (AvgIpc) is 2.32. The second-order valence-corrected chi connectivity index (χ2v) is 7.47.